The number of halogens is 1. The number of methoxy groups -OCH3 is 1. The minimum absolute atomic E-state index is 0.0603. The van der Waals surface area contributed by atoms with E-state index in [9.17, 15) is 14.7 Å². The number of hydrogen-bond donors (Lipinski definition) is 1. The first-order valence-corrected chi connectivity index (χ1v) is 6.68. The van der Waals surface area contributed by atoms with Crippen LogP contribution in [0.5, 0.6) is 5.75 Å². The highest BCUT2D eigenvalue weighted by molar-refractivity contribution is 6.34. The topological polar surface area (TPSA) is 63.6 Å². The van der Waals surface area contributed by atoms with E-state index in [4.69, 9.17) is 16.3 Å². The summed E-state index contributed by atoms with van der Waals surface area (Å²) in [6.45, 7) is 5.57. The molecule has 0 aromatic heterocycles. The summed E-state index contributed by atoms with van der Waals surface area (Å²) in [7, 11) is 1.40. The lowest BCUT2D eigenvalue weighted by molar-refractivity contribution is -0.126. The fourth-order valence-electron chi connectivity index (χ4n) is 1.85. The molecule has 20 heavy (non-hydrogen) atoms. The van der Waals surface area contributed by atoms with E-state index in [0.717, 1.165) is 0 Å². The van der Waals surface area contributed by atoms with Gasteiger partial charge in [-0.15, -0.1) is 0 Å². The highest BCUT2D eigenvalue weighted by atomic mass is 35.5. The van der Waals surface area contributed by atoms with Gasteiger partial charge in [-0.05, 0) is 18.1 Å². The molecule has 110 valence electrons. The maximum atomic E-state index is 11.9. The Morgan fingerprint density at radius 2 is 1.90 bits per heavy atom. The fourth-order valence-corrected chi connectivity index (χ4v) is 2.08. The van der Waals surface area contributed by atoms with Gasteiger partial charge in [-0.2, -0.15) is 0 Å². The van der Waals surface area contributed by atoms with Crippen LogP contribution in [0.15, 0.2) is 12.1 Å². The number of hydrogen-bond acceptors (Lipinski definition) is 3. The average Bonchev–Trinajstić information content (AvgIpc) is 2.34. The summed E-state index contributed by atoms with van der Waals surface area (Å²) in [5, 5.41) is 9.30. The lowest BCUT2D eigenvalue weighted by atomic mass is 9.87. The number of carbonyl (C=O) groups excluding carboxylic acids is 1. The summed E-state index contributed by atoms with van der Waals surface area (Å²) >= 11 is 5.88. The van der Waals surface area contributed by atoms with Crippen LogP contribution in [-0.4, -0.2) is 24.0 Å². The van der Waals surface area contributed by atoms with Crippen LogP contribution in [-0.2, 0) is 11.2 Å². The van der Waals surface area contributed by atoms with Gasteiger partial charge in [0.1, 0.15) is 17.1 Å². The number of ether oxygens (including phenoxy) is 1. The first-order valence-electron chi connectivity index (χ1n) is 6.30. The smallest absolute Gasteiger partial charge is 0.341 e. The first-order chi connectivity index (χ1) is 9.18. The minimum Gasteiger partial charge on any atom is -0.496 e. The molecule has 0 aliphatic rings. The summed E-state index contributed by atoms with van der Waals surface area (Å²) in [4.78, 5) is 23.2. The van der Waals surface area contributed by atoms with Gasteiger partial charge in [0.2, 0.25) is 0 Å². The number of carbonyl (C=O) groups is 2. The van der Waals surface area contributed by atoms with E-state index in [1.165, 1.54) is 13.2 Å². The molecule has 0 bridgehead atoms. The van der Waals surface area contributed by atoms with E-state index < -0.39 is 11.4 Å². The average molecular weight is 299 g/mol. The highest BCUT2D eigenvalue weighted by Crippen LogP contribution is 2.32. The molecule has 0 radical (unpaired) electrons. The van der Waals surface area contributed by atoms with Gasteiger partial charge in [-0.1, -0.05) is 38.4 Å². The molecule has 0 saturated heterocycles. The molecule has 0 unspecified atom stereocenters. The van der Waals surface area contributed by atoms with Crippen molar-refractivity contribution in [2.45, 2.75) is 33.6 Å². The molecule has 0 saturated carbocycles. The summed E-state index contributed by atoms with van der Waals surface area (Å²) < 4.78 is 5.16. The standard InChI is InChI=1S/C15H19ClO4/c1-15(2,3)11(17)8-6-9-5-7-10(16)12(14(18)19)13(9)20-4/h5,7H,6,8H2,1-4H3,(H,18,19). The van der Waals surface area contributed by atoms with Crippen molar-refractivity contribution >= 4 is 23.4 Å². The number of aromatic carboxylic acids is 1. The van der Waals surface area contributed by atoms with Crippen LogP contribution in [0.4, 0.5) is 0 Å². The SMILES string of the molecule is COc1c(CCC(=O)C(C)(C)C)ccc(Cl)c1C(=O)O. The second-order valence-corrected chi connectivity index (χ2v) is 6.00. The van der Waals surface area contributed by atoms with E-state index in [1.54, 1.807) is 6.07 Å². The molecule has 0 spiro atoms. The van der Waals surface area contributed by atoms with Crippen LogP contribution in [0.1, 0.15) is 43.1 Å². The number of Topliss-reactive ketones (excluding diaryl/α,β-unsaturated/α-hetero) is 1. The number of aryl methyl sites for hydroxylation is 1. The van der Waals surface area contributed by atoms with Gasteiger partial charge in [0.15, 0.2) is 0 Å². The monoisotopic (exact) mass is 298 g/mol. The third kappa shape index (κ3) is 3.73. The predicted molar refractivity (Wildman–Crippen MR) is 77.7 cm³/mol. The zero-order valence-corrected chi connectivity index (χ0v) is 12.9. The predicted octanol–water partition coefficient (Wildman–Crippen LogP) is 3.59. The third-order valence-corrected chi connectivity index (χ3v) is 3.38. The largest absolute Gasteiger partial charge is 0.496 e. The quantitative estimate of drug-likeness (QED) is 0.902. The summed E-state index contributed by atoms with van der Waals surface area (Å²) in [5.74, 6) is -0.797. The van der Waals surface area contributed by atoms with E-state index >= 15 is 0 Å². The van der Waals surface area contributed by atoms with Crippen molar-refractivity contribution in [2.24, 2.45) is 5.41 Å². The van der Waals surface area contributed by atoms with Crippen LogP contribution in [0.2, 0.25) is 5.02 Å². The zero-order valence-electron chi connectivity index (χ0n) is 12.1. The van der Waals surface area contributed by atoms with E-state index in [2.05, 4.69) is 0 Å². The van der Waals surface area contributed by atoms with Gasteiger partial charge in [0, 0.05) is 11.8 Å². The Morgan fingerprint density at radius 3 is 2.35 bits per heavy atom. The number of rotatable bonds is 5. The van der Waals surface area contributed by atoms with Crippen LogP contribution >= 0.6 is 11.6 Å². The molecule has 0 fully saturated rings. The van der Waals surface area contributed by atoms with Gasteiger partial charge >= 0.3 is 5.97 Å². The molecule has 0 atom stereocenters. The van der Waals surface area contributed by atoms with Gasteiger partial charge in [0.25, 0.3) is 0 Å². The van der Waals surface area contributed by atoms with E-state index in [0.29, 0.717) is 18.4 Å². The van der Waals surface area contributed by atoms with Gasteiger partial charge in [-0.3, -0.25) is 4.79 Å². The maximum Gasteiger partial charge on any atom is 0.341 e. The molecule has 0 aliphatic carbocycles. The lowest BCUT2D eigenvalue weighted by Crippen LogP contribution is -2.20. The Balaban J connectivity index is 3.05. The van der Waals surface area contributed by atoms with Crippen molar-refractivity contribution < 1.29 is 19.4 Å². The molecule has 0 heterocycles. The molecule has 0 amide bonds. The van der Waals surface area contributed by atoms with Gasteiger partial charge in [-0.25, -0.2) is 4.79 Å². The molecule has 5 heteroatoms. The first kappa shape index (κ1) is 16.5. The van der Waals surface area contributed by atoms with Gasteiger partial charge in [0.05, 0.1) is 12.1 Å². The number of ketones is 1. The Bertz CT molecular complexity index is 529. The van der Waals surface area contributed by atoms with Crippen molar-refractivity contribution in [1.82, 2.24) is 0 Å². The number of carboxylic acids is 1. The highest BCUT2D eigenvalue weighted by Gasteiger charge is 2.23. The second kappa shape index (κ2) is 6.27. The zero-order chi connectivity index (χ0) is 15.5. The van der Waals surface area contributed by atoms with E-state index in [-0.39, 0.29) is 22.1 Å². The Labute approximate surface area is 123 Å². The fraction of sp³-hybridized carbons (Fsp3) is 0.467. The molecule has 1 N–H and O–H groups in total. The van der Waals surface area contributed by atoms with E-state index in [1.807, 2.05) is 20.8 Å². The summed E-state index contributed by atoms with van der Waals surface area (Å²) in [6.07, 6.45) is 0.761. The Morgan fingerprint density at radius 1 is 1.30 bits per heavy atom. The molecular weight excluding hydrogens is 280 g/mol. The van der Waals surface area contributed by atoms with Crippen molar-refractivity contribution in [2.75, 3.05) is 7.11 Å². The van der Waals surface area contributed by atoms with Crippen molar-refractivity contribution in [3.63, 3.8) is 0 Å². The molecule has 4 nitrogen and oxygen atoms in total. The molecule has 0 aliphatic heterocycles. The summed E-state index contributed by atoms with van der Waals surface area (Å²) in [6, 6.07) is 3.22. The van der Waals surface area contributed by atoms with Crippen LogP contribution in [0.3, 0.4) is 0 Å². The van der Waals surface area contributed by atoms with Gasteiger partial charge < -0.3 is 9.84 Å². The third-order valence-electron chi connectivity index (χ3n) is 3.06. The number of benzene rings is 1. The second-order valence-electron chi connectivity index (χ2n) is 5.59. The number of carboxylic acid groups (broad SMARTS) is 1. The van der Waals surface area contributed by atoms with Crippen LogP contribution < -0.4 is 4.74 Å². The molecular formula is C15H19ClO4. The van der Waals surface area contributed by atoms with Crippen molar-refractivity contribution in [3.8, 4) is 5.75 Å². The maximum absolute atomic E-state index is 11.9. The molecule has 1 aromatic carbocycles. The Hall–Kier alpha value is -1.55. The van der Waals surface area contributed by atoms with Crippen LogP contribution in [0.25, 0.3) is 0 Å². The Kier molecular flexibility index (Phi) is 5.17. The van der Waals surface area contributed by atoms with Crippen LogP contribution in [0, 0.1) is 5.41 Å². The molecule has 1 rings (SSSR count). The minimum atomic E-state index is -1.14. The lowest BCUT2D eigenvalue weighted by Gasteiger charge is -2.17. The summed E-state index contributed by atoms with van der Waals surface area (Å²) in [5.41, 5.74) is 0.205. The molecule has 1 aromatic rings. The normalized spacial score (nSPS) is 11.2. The van der Waals surface area contributed by atoms with Crippen molar-refractivity contribution in [3.05, 3.63) is 28.3 Å². The van der Waals surface area contributed by atoms with Crippen molar-refractivity contribution in [1.29, 1.82) is 0 Å².